The summed E-state index contributed by atoms with van der Waals surface area (Å²) in [7, 11) is 0. The van der Waals surface area contributed by atoms with E-state index >= 15 is 0 Å². The molecule has 1 heterocycles. The van der Waals surface area contributed by atoms with Gasteiger partial charge in [0, 0.05) is 5.39 Å². The number of benzene rings is 1. The van der Waals surface area contributed by atoms with Crippen LogP contribution in [0.2, 0.25) is 0 Å². The molecule has 1 aromatic carbocycles. The van der Waals surface area contributed by atoms with Gasteiger partial charge in [-0.25, -0.2) is 0 Å². The van der Waals surface area contributed by atoms with Crippen molar-refractivity contribution in [3.8, 4) is 6.07 Å². The van der Waals surface area contributed by atoms with Crippen LogP contribution >= 0.6 is 0 Å². The van der Waals surface area contributed by atoms with E-state index in [1.165, 1.54) is 0 Å². The van der Waals surface area contributed by atoms with Crippen molar-refractivity contribution in [3.63, 3.8) is 0 Å². The third-order valence-corrected chi connectivity index (χ3v) is 4.20. The van der Waals surface area contributed by atoms with E-state index in [4.69, 9.17) is 0 Å². The van der Waals surface area contributed by atoms with E-state index in [1.54, 1.807) is 6.20 Å². The minimum atomic E-state index is -0.871. The average molecular weight is 279 g/mol. The van der Waals surface area contributed by atoms with Crippen LogP contribution in [0.1, 0.15) is 32.1 Å². The average Bonchev–Trinajstić information content (AvgIpc) is 2.55. The van der Waals surface area contributed by atoms with Crippen LogP contribution in [0.5, 0.6) is 0 Å². The molecule has 106 valence electrons. The van der Waals surface area contributed by atoms with Crippen LogP contribution in [0.25, 0.3) is 10.9 Å². The lowest BCUT2D eigenvalue weighted by atomic mass is 9.74. The molecule has 1 N–H and O–H groups in total. The summed E-state index contributed by atoms with van der Waals surface area (Å²) in [6, 6.07) is 11.9. The Morgan fingerprint density at radius 3 is 2.76 bits per heavy atom. The molecule has 4 nitrogen and oxygen atoms in total. The molecule has 0 bridgehead atoms. The van der Waals surface area contributed by atoms with E-state index in [1.807, 2.05) is 30.3 Å². The zero-order valence-corrected chi connectivity index (χ0v) is 11.8. The molecule has 1 aromatic heterocycles. The van der Waals surface area contributed by atoms with Crippen molar-refractivity contribution in [3.05, 3.63) is 36.5 Å². The molecule has 0 atom stereocenters. The number of para-hydroxylation sites is 1. The molecule has 0 spiro atoms. The Kier molecular flexibility index (Phi) is 3.57. The highest BCUT2D eigenvalue weighted by Gasteiger charge is 2.39. The minimum Gasteiger partial charge on any atom is -0.323 e. The first-order valence-corrected chi connectivity index (χ1v) is 7.31. The number of hydrogen-bond donors (Lipinski definition) is 1. The summed E-state index contributed by atoms with van der Waals surface area (Å²) in [4.78, 5) is 16.8. The second-order valence-corrected chi connectivity index (χ2v) is 5.63. The Morgan fingerprint density at radius 1 is 1.24 bits per heavy atom. The third-order valence-electron chi connectivity index (χ3n) is 4.20. The SMILES string of the molecule is N#CC1(C(=O)Nc2cnc3ccccc3c2)CCCCC1. The first-order valence-electron chi connectivity index (χ1n) is 7.31. The summed E-state index contributed by atoms with van der Waals surface area (Å²) >= 11 is 0. The van der Waals surface area contributed by atoms with Crippen LogP contribution in [0.4, 0.5) is 5.69 Å². The number of nitriles is 1. The molecular weight excluding hydrogens is 262 g/mol. The van der Waals surface area contributed by atoms with Gasteiger partial charge in [-0.3, -0.25) is 9.78 Å². The summed E-state index contributed by atoms with van der Waals surface area (Å²) in [5.74, 6) is -0.193. The van der Waals surface area contributed by atoms with E-state index in [0.717, 1.165) is 30.2 Å². The molecule has 0 aliphatic heterocycles. The first kappa shape index (κ1) is 13.6. The van der Waals surface area contributed by atoms with Gasteiger partial charge >= 0.3 is 0 Å². The highest BCUT2D eigenvalue weighted by Crippen LogP contribution is 2.36. The van der Waals surface area contributed by atoms with Crippen molar-refractivity contribution in [2.75, 3.05) is 5.32 Å². The van der Waals surface area contributed by atoms with Gasteiger partial charge in [-0.05, 0) is 25.0 Å². The van der Waals surface area contributed by atoms with E-state index in [0.29, 0.717) is 18.5 Å². The Labute approximate surface area is 123 Å². The van der Waals surface area contributed by atoms with E-state index < -0.39 is 5.41 Å². The predicted octanol–water partition coefficient (Wildman–Crippen LogP) is 3.65. The van der Waals surface area contributed by atoms with E-state index in [9.17, 15) is 10.1 Å². The van der Waals surface area contributed by atoms with Gasteiger partial charge in [0.15, 0.2) is 0 Å². The number of aromatic nitrogens is 1. The van der Waals surface area contributed by atoms with Crippen molar-refractivity contribution in [2.24, 2.45) is 5.41 Å². The van der Waals surface area contributed by atoms with Crippen molar-refractivity contribution in [1.82, 2.24) is 4.98 Å². The fourth-order valence-electron chi connectivity index (χ4n) is 2.94. The standard InChI is InChI=1S/C17H17N3O/c18-12-17(8-4-1-5-9-17)16(21)20-14-10-13-6-2-3-7-15(13)19-11-14/h2-3,6-7,10-11H,1,4-5,8-9H2,(H,20,21). The zero-order chi connectivity index (χ0) is 14.7. The number of nitrogens with one attached hydrogen (secondary N) is 1. The molecular formula is C17H17N3O. The number of anilines is 1. The van der Waals surface area contributed by atoms with Crippen LogP contribution in [0.3, 0.4) is 0 Å². The maximum Gasteiger partial charge on any atom is 0.244 e. The lowest BCUT2D eigenvalue weighted by molar-refractivity contribution is -0.124. The monoisotopic (exact) mass is 279 g/mol. The third kappa shape index (κ3) is 2.59. The summed E-state index contributed by atoms with van der Waals surface area (Å²) in [5, 5.41) is 13.3. The summed E-state index contributed by atoms with van der Waals surface area (Å²) in [5.41, 5.74) is 0.672. The molecule has 21 heavy (non-hydrogen) atoms. The van der Waals surface area contributed by atoms with Crippen molar-refractivity contribution in [2.45, 2.75) is 32.1 Å². The topological polar surface area (TPSA) is 65.8 Å². The van der Waals surface area contributed by atoms with Gasteiger partial charge in [0.1, 0.15) is 5.41 Å². The second-order valence-electron chi connectivity index (χ2n) is 5.63. The van der Waals surface area contributed by atoms with Gasteiger partial charge in [-0.2, -0.15) is 5.26 Å². The number of carbonyl (C=O) groups is 1. The smallest absolute Gasteiger partial charge is 0.244 e. The number of nitrogens with zero attached hydrogens (tertiary/aromatic N) is 2. The van der Waals surface area contributed by atoms with Crippen molar-refractivity contribution in [1.29, 1.82) is 5.26 Å². The molecule has 1 saturated carbocycles. The Bertz CT molecular complexity index is 711. The van der Waals surface area contributed by atoms with Crippen molar-refractivity contribution < 1.29 is 4.79 Å². The lowest BCUT2D eigenvalue weighted by Gasteiger charge is -2.29. The number of carbonyl (C=O) groups excluding carboxylic acids is 1. The highest BCUT2D eigenvalue weighted by molar-refractivity contribution is 5.98. The molecule has 3 rings (SSSR count). The number of hydrogen-bond acceptors (Lipinski definition) is 3. The minimum absolute atomic E-state index is 0.193. The van der Waals surface area contributed by atoms with Gasteiger partial charge in [-0.1, -0.05) is 37.5 Å². The van der Waals surface area contributed by atoms with Gasteiger partial charge in [0.05, 0.1) is 23.5 Å². The molecule has 1 fully saturated rings. The quantitative estimate of drug-likeness (QED) is 0.912. The van der Waals surface area contributed by atoms with Crippen LogP contribution in [0.15, 0.2) is 36.5 Å². The maximum atomic E-state index is 12.5. The molecule has 0 radical (unpaired) electrons. The van der Waals surface area contributed by atoms with Crippen LogP contribution in [-0.4, -0.2) is 10.9 Å². The number of fused-ring (bicyclic) bond motifs is 1. The van der Waals surface area contributed by atoms with Gasteiger partial charge in [0.2, 0.25) is 5.91 Å². The fourth-order valence-corrected chi connectivity index (χ4v) is 2.94. The molecule has 1 aliphatic carbocycles. The van der Waals surface area contributed by atoms with Gasteiger partial charge in [0.25, 0.3) is 0 Å². The molecule has 2 aromatic rings. The van der Waals surface area contributed by atoms with Crippen LogP contribution < -0.4 is 5.32 Å². The number of amides is 1. The fraction of sp³-hybridized carbons (Fsp3) is 0.353. The van der Waals surface area contributed by atoms with Crippen molar-refractivity contribution >= 4 is 22.5 Å². The molecule has 4 heteroatoms. The van der Waals surface area contributed by atoms with Crippen LogP contribution in [0, 0.1) is 16.7 Å². The Hall–Kier alpha value is -2.41. The molecule has 1 amide bonds. The Balaban J connectivity index is 1.84. The van der Waals surface area contributed by atoms with E-state index in [2.05, 4.69) is 16.4 Å². The van der Waals surface area contributed by atoms with E-state index in [-0.39, 0.29) is 5.91 Å². The molecule has 1 aliphatic rings. The normalized spacial score (nSPS) is 17.1. The maximum absolute atomic E-state index is 12.5. The predicted molar refractivity (Wildman–Crippen MR) is 81.5 cm³/mol. The highest BCUT2D eigenvalue weighted by atomic mass is 16.2. The van der Waals surface area contributed by atoms with Crippen LogP contribution in [-0.2, 0) is 4.79 Å². The van der Waals surface area contributed by atoms with Gasteiger partial charge < -0.3 is 5.32 Å². The van der Waals surface area contributed by atoms with Gasteiger partial charge in [-0.15, -0.1) is 0 Å². The second kappa shape index (κ2) is 5.53. The summed E-state index contributed by atoms with van der Waals surface area (Å²) in [6.45, 7) is 0. The Morgan fingerprint density at radius 2 is 2.00 bits per heavy atom. The molecule has 0 unspecified atom stereocenters. The number of rotatable bonds is 2. The summed E-state index contributed by atoms with van der Waals surface area (Å²) < 4.78 is 0. The zero-order valence-electron chi connectivity index (χ0n) is 11.8. The summed E-state index contributed by atoms with van der Waals surface area (Å²) in [6.07, 6.45) is 5.93. The number of pyridine rings is 1. The molecule has 0 saturated heterocycles. The first-order chi connectivity index (χ1) is 10.2. The largest absolute Gasteiger partial charge is 0.323 e. The lowest BCUT2D eigenvalue weighted by Crippen LogP contribution is -2.36.